The van der Waals surface area contributed by atoms with Crippen LogP contribution in [0, 0.1) is 0 Å². The first-order chi connectivity index (χ1) is 9.55. The molecule has 0 amide bonds. The Balaban J connectivity index is 2.22. The Labute approximate surface area is 129 Å². The highest BCUT2D eigenvalue weighted by Crippen LogP contribution is 2.32. The Bertz CT molecular complexity index is 646. The summed E-state index contributed by atoms with van der Waals surface area (Å²) in [7, 11) is 2.83. The number of nitrogens with zero attached hydrogens (tertiary/aromatic N) is 1. The molecular formula is C12H10Cl2N2O3S. The van der Waals surface area contributed by atoms with Crippen molar-refractivity contribution in [1.82, 2.24) is 4.98 Å². The van der Waals surface area contributed by atoms with Crippen LogP contribution in [0.2, 0.25) is 10.2 Å². The van der Waals surface area contributed by atoms with Crippen LogP contribution in [0.3, 0.4) is 0 Å². The molecule has 0 unspecified atom stereocenters. The lowest BCUT2D eigenvalue weighted by Gasteiger charge is -2.06. The number of methoxy groups -OCH3 is 2. The fourth-order valence-electron chi connectivity index (χ4n) is 1.44. The van der Waals surface area contributed by atoms with E-state index in [9.17, 15) is 4.79 Å². The van der Waals surface area contributed by atoms with E-state index in [1.54, 1.807) is 18.2 Å². The molecule has 0 aliphatic heterocycles. The summed E-state index contributed by atoms with van der Waals surface area (Å²) in [5.74, 6) is 0.0537. The van der Waals surface area contributed by atoms with Crippen molar-refractivity contribution in [2.45, 2.75) is 0 Å². The van der Waals surface area contributed by atoms with Gasteiger partial charge in [0.25, 0.3) is 0 Å². The smallest absolute Gasteiger partial charge is 0.351 e. The van der Waals surface area contributed by atoms with Gasteiger partial charge in [0.1, 0.15) is 5.75 Å². The zero-order valence-corrected chi connectivity index (χ0v) is 12.9. The quantitative estimate of drug-likeness (QED) is 0.858. The first-order valence-corrected chi connectivity index (χ1v) is 6.97. The van der Waals surface area contributed by atoms with Crippen LogP contribution < -0.4 is 10.1 Å². The molecule has 1 heterocycles. The van der Waals surface area contributed by atoms with Crippen molar-refractivity contribution in [3.8, 4) is 5.75 Å². The van der Waals surface area contributed by atoms with Crippen molar-refractivity contribution in [2.24, 2.45) is 0 Å². The zero-order valence-electron chi connectivity index (χ0n) is 10.6. The summed E-state index contributed by atoms with van der Waals surface area (Å²) in [6, 6.07) is 5.19. The van der Waals surface area contributed by atoms with E-state index in [1.807, 2.05) is 0 Å². The average molecular weight is 333 g/mol. The second-order valence-corrected chi connectivity index (χ2v) is 5.37. The van der Waals surface area contributed by atoms with E-state index in [2.05, 4.69) is 15.0 Å². The van der Waals surface area contributed by atoms with Crippen LogP contribution in [-0.2, 0) is 4.74 Å². The number of thiazole rings is 1. The molecule has 0 atom stereocenters. The Morgan fingerprint density at radius 1 is 1.35 bits per heavy atom. The first-order valence-electron chi connectivity index (χ1n) is 5.40. The second kappa shape index (κ2) is 6.30. The second-order valence-electron chi connectivity index (χ2n) is 3.60. The maximum atomic E-state index is 11.4. The van der Waals surface area contributed by atoms with Crippen LogP contribution in [-0.4, -0.2) is 25.2 Å². The van der Waals surface area contributed by atoms with Gasteiger partial charge in [0.05, 0.1) is 19.2 Å². The number of rotatable bonds is 4. The summed E-state index contributed by atoms with van der Waals surface area (Å²) in [4.78, 5) is 15.7. The minimum atomic E-state index is -0.520. The monoisotopic (exact) mass is 332 g/mol. The molecule has 1 aromatic carbocycles. The largest absolute Gasteiger partial charge is 0.495 e. The summed E-state index contributed by atoms with van der Waals surface area (Å²) in [5.41, 5.74) is 0.706. The molecule has 20 heavy (non-hydrogen) atoms. The highest BCUT2D eigenvalue weighted by molar-refractivity contribution is 7.18. The Morgan fingerprint density at radius 3 is 2.70 bits per heavy atom. The topological polar surface area (TPSA) is 60.5 Å². The van der Waals surface area contributed by atoms with E-state index in [0.29, 0.717) is 21.6 Å². The van der Waals surface area contributed by atoms with Crippen LogP contribution in [0.1, 0.15) is 9.67 Å². The third-order valence-electron chi connectivity index (χ3n) is 2.36. The predicted molar refractivity (Wildman–Crippen MR) is 79.8 cm³/mol. The first kappa shape index (κ1) is 14.9. The molecule has 2 rings (SSSR count). The van der Waals surface area contributed by atoms with Crippen molar-refractivity contribution in [3.63, 3.8) is 0 Å². The van der Waals surface area contributed by atoms with Gasteiger partial charge in [0.2, 0.25) is 0 Å². The summed E-state index contributed by atoms with van der Waals surface area (Å²) in [5, 5.41) is 4.05. The lowest BCUT2D eigenvalue weighted by Crippen LogP contribution is -1.98. The molecule has 0 saturated heterocycles. The van der Waals surface area contributed by atoms with Gasteiger partial charge < -0.3 is 14.8 Å². The van der Waals surface area contributed by atoms with Gasteiger partial charge in [-0.05, 0) is 18.2 Å². The Hall–Kier alpha value is -1.50. The number of hydrogen-bond acceptors (Lipinski definition) is 6. The molecule has 5 nitrogen and oxygen atoms in total. The lowest BCUT2D eigenvalue weighted by molar-refractivity contribution is 0.0606. The van der Waals surface area contributed by atoms with Crippen molar-refractivity contribution in [3.05, 3.63) is 33.3 Å². The van der Waals surface area contributed by atoms with Gasteiger partial charge in [0.15, 0.2) is 15.2 Å². The van der Waals surface area contributed by atoms with Crippen LogP contribution >= 0.6 is 34.5 Å². The third kappa shape index (κ3) is 3.15. The number of benzene rings is 1. The average Bonchev–Trinajstić information content (AvgIpc) is 2.79. The normalized spacial score (nSPS) is 10.2. The SMILES string of the molecule is COC(=O)c1sc(Nc2ccc(OC)c(Cl)c2)nc1Cl. The van der Waals surface area contributed by atoms with Crippen LogP contribution in [0.5, 0.6) is 5.75 Å². The van der Waals surface area contributed by atoms with Gasteiger partial charge in [0, 0.05) is 5.69 Å². The molecule has 0 aliphatic carbocycles. The number of carbonyl (C=O) groups excluding carboxylic acids is 1. The number of hydrogen-bond donors (Lipinski definition) is 1. The zero-order chi connectivity index (χ0) is 14.7. The summed E-state index contributed by atoms with van der Waals surface area (Å²) >= 11 is 13.0. The summed E-state index contributed by atoms with van der Waals surface area (Å²) < 4.78 is 9.68. The summed E-state index contributed by atoms with van der Waals surface area (Å²) in [6.45, 7) is 0. The molecule has 0 radical (unpaired) electrons. The molecule has 8 heteroatoms. The number of aromatic nitrogens is 1. The van der Waals surface area contributed by atoms with Gasteiger partial charge in [-0.25, -0.2) is 9.78 Å². The number of esters is 1. The van der Waals surface area contributed by atoms with Gasteiger partial charge in [-0.3, -0.25) is 0 Å². The molecular weight excluding hydrogens is 323 g/mol. The van der Waals surface area contributed by atoms with Gasteiger partial charge in [-0.15, -0.1) is 0 Å². The van der Waals surface area contributed by atoms with Gasteiger partial charge in [-0.2, -0.15) is 0 Å². The van der Waals surface area contributed by atoms with Crippen LogP contribution in [0.15, 0.2) is 18.2 Å². The molecule has 1 aromatic heterocycles. The lowest BCUT2D eigenvalue weighted by atomic mass is 10.3. The van der Waals surface area contributed by atoms with Crippen molar-refractivity contribution in [2.75, 3.05) is 19.5 Å². The molecule has 0 fully saturated rings. The molecule has 1 N–H and O–H groups in total. The summed E-state index contributed by atoms with van der Waals surface area (Å²) in [6.07, 6.45) is 0. The van der Waals surface area contributed by atoms with E-state index in [1.165, 1.54) is 14.2 Å². The van der Waals surface area contributed by atoms with Crippen molar-refractivity contribution in [1.29, 1.82) is 0 Å². The van der Waals surface area contributed by atoms with E-state index in [0.717, 1.165) is 11.3 Å². The number of anilines is 2. The fraction of sp³-hybridized carbons (Fsp3) is 0.167. The predicted octanol–water partition coefficient (Wildman–Crippen LogP) is 3.99. The molecule has 0 spiro atoms. The maximum Gasteiger partial charge on any atom is 0.351 e. The van der Waals surface area contributed by atoms with Crippen molar-refractivity contribution < 1.29 is 14.3 Å². The molecule has 0 saturated carbocycles. The minimum absolute atomic E-state index is 0.101. The van der Waals surface area contributed by atoms with E-state index in [-0.39, 0.29) is 10.0 Å². The Kier molecular flexibility index (Phi) is 4.69. The molecule has 0 aliphatic rings. The van der Waals surface area contributed by atoms with Gasteiger partial charge in [-0.1, -0.05) is 34.5 Å². The molecule has 106 valence electrons. The third-order valence-corrected chi connectivity index (χ3v) is 3.99. The Morgan fingerprint density at radius 2 is 2.10 bits per heavy atom. The fourth-order valence-corrected chi connectivity index (χ4v) is 2.82. The van der Waals surface area contributed by atoms with Crippen LogP contribution in [0.25, 0.3) is 0 Å². The highest BCUT2D eigenvalue weighted by Gasteiger charge is 2.17. The number of carbonyl (C=O) groups is 1. The highest BCUT2D eigenvalue weighted by atomic mass is 35.5. The van der Waals surface area contributed by atoms with E-state index >= 15 is 0 Å². The number of nitrogens with one attached hydrogen (secondary N) is 1. The van der Waals surface area contributed by atoms with Gasteiger partial charge >= 0.3 is 5.97 Å². The standard InChI is InChI=1S/C12H10Cl2N2O3S/c1-18-8-4-3-6(5-7(8)13)15-12-16-10(14)9(20-12)11(17)19-2/h3-5H,1-2H3,(H,15,16). The van der Waals surface area contributed by atoms with E-state index < -0.39 is 5.97 Å². The minimum Gasteiger partial charge on any atom is -0.495 e. The molecule has 0 bridgehead atoms. The van der Waals surface area contributed by atoms with Crippen LogP contribution in [0.4, 0.5) is 10.8 Å². The molecule has 2 aromatic rings. The number of halogens is 2. The van der Waals surface area contributed by atoms with Crippen molar-refractivity contribution >= 4 is 51.3 Å². The number of ether oxygens (including phenoxy) is 2. The maximum absolute atomic E-state index is 11.4. The van der Waals surface area contributed by atoms with E-state index in [4.69, 9.17) is 27.9 Å².